The molecule has 2 atom stereocenters. The lowest BCUT2D eigenvalue weighted by molar-refractivity contribution is -0.146. The van der Waals surface area contributed by atoms with E-state index in [0.29, 0.717) is 13.0 Å². The lowest BCUT2D eigenvalue weighted by atomic mass is 10.1. The maximum Gasteiger partial charge on any atom is 0.328 e. The highest BCUT2D eigenvalue weighted by molar-refractivity contribution is 5.86. The van der Waals surface area contributed by atoms with Crippen LogP contribution in [-0.4, -0.2) is 49.5 Å². The molecule has 1 amide bonds. The Morgan fingerprint density at radius 1 is 1.56 bits per heavy atom. The minimum atomic E-state index is -1.11. The van der Waals surface area contributed by atoms with Gasteiger partial charge in [-0.25, -0.2) is 4.79 Å². The minimum absolute atomic E-state index is 0.0478. The van der Waals surface area contributed by atoms with Crippen molar-refractivity contribution in [3.05, 3.63) is 0 Å². The van der Waals surface area contributed by atoms with Crippen LogP contribution < -0.4 is 5.32 Å². The van der Waals surface area contributed by atoms with Gasteiger partial charge in [-0.3, -0.25) is 4.79 Å². The van der Waals surface area contributed by atoms with Crippen molar-refractivity contribution in [1.29, 1.82) is 0 Å². The Morgan fingerprint density at radius 3 is 2.81 bits per heavy atom. The van der Waals surface area contributed by atoms with Gasteiger partial charge in [0.05, 0.1) is 6.61 Å². The first-order chi connectivity index (χ1) is 7.65. The normalized spacial score (nSPS) is 22.4. The summed E-state index contributed by atoms with van der Waals surface area (Å²) in [7, 11) is 1.39. The second-order valence-corrected chi connectivity index (χ2v) is 3.71. The highest BCUT2D eigenvalue weighted by Crippen LogP contribution is 2.12. The van der Waals surface area contributed by atoms with Gasteiger partial charge in [-0.15, -0.1) is 0 Å². The van der Waals surface area contributed by atoms with Crippen molar-refractivity contribution in [3.63, 3.8) is 0 Å². The number of carbonyl (C=O) groups is 2. The Kier molecular flexibility index (Phi) is 5.21. The molecule has 0 spiro atoms. The molecule has 16 heavy (non-hydrogen) atoms. The molecule has 1 fully saturated rings. The lowest BCUT2D eigenvalue weighted by Gasteiger charge is -2.23. The molecule has 1 aliphatic heterocycles. The number of hydrogen-bond donors (Lipinski definition) is 2. The van der Waals surface area contributed by atoms with Gasteiger partial charge in [-0.05, 0) is 19.3 Å². The first kappa shape index (κ1) is 12.9. The van der Waals surface area contributed by atoms with Crippen LogP contribution in [0.2, 0.25) is 0 Å². The van der Waals surface area contributed by atoms with Gasteiger partial charge >= 0.3 is 5.97 Å². The third-order valence-corrected chi connectivity index (χ3v) is 2.42. The number of carboxylic acid groups (broad SMARTS) is 1. The van der Waals surface area contributed by atoms with Crippen LogP contribution in [0.5, 0.6) is 0 Å². The molecule has 1 saturated heterocycles. The molecule has 92 valence electrons. The van der Waals surface area contributed by atoms with E-state index in [2.05, 4.69) is 5.32 Å². The van der Waals surface area contributed by atoms with E-state index in [1.165, 1.54) is 7.11 Å². The summed E-state index contributed by atoms with van der Waals surface area (Å²) in [5.74, 6) is -1.48. The van der Waals surface area contributed by atoms with Crippen LogP contribution in [0.3, 0.4) is 0 Å². The topological polar surface area (TPSA) is 84.9 Å². The molecule has 0 aromatic rings. The summed E-state index contributed by atoms with van der Waals surface area (Å²) in [5, 5.41) is 11.2. The van der Waals surface area contributed by atoms with Crippen molar-refractivity contribution < 1.29 is 24.2 Å². The van der Waals surface area contributed by atoms with Crippen molar-refractivity contribution in [2.24, 2.45) is 0 Å². The predicted molar refractivity (Wildman–Crippen MR) is 55.0 cm³/mol. The van der Waals surface area contributed by atoms with Crippen LogP contribution in [0.1, 0.15) is 19.3 Å². The zero-order valence-electron chi connectivity index (χ0n) is 9.27. The number of amides is 1. The van der Waals surface area contributed by atoms with E-state index in [1.54, 1.807) is 0 Å². The fourth-order valence-electron chi connectivity index (χ4n) is 1.55. The van der Waals surface area contributed by atoms with Crippen molar-refractivity contribution >= 4 is 11.9 Å². The molecule has 2 N–H and O–H groups in total. The second kappa shape index (κ2) is 6.44. The maximum atomic E-state index is 11.6. The number of rotatable bonds is 5. The molecule has 0 aromatic heterocycles. The summed E-state index contributed by atoms with van der Waals surface area (Å²) in [5.41, 5.74) is 0. The second-order valence-electron chi connectivity index (χ2n) is 3.71. The van der Waals surface area contributed by atoms with E-state index in [1.807, 2.05) is 0 Å². The summed E-state index contributed by atoms with van der Waals surface area (Å²) >= 11 is 0. The molecule has 0 saturated carbocycles. The van der Waals surface area contributed by atoms with Crippen LogP contribution in [-0.2, 0) is 19.1 Å². The van der Waals surface area contributed by atoms with Crippen LogP contribution >= 0.6 is 0 Å². The molecule has 0 aliphatic carbocycles. The summed E-state index contributed by atoms with van der Waals surface area (Å²) in [4.78, 5) is 22.4. The number of hydrogen-bond acceptors (Lipinski definition) is 4. The highest BCUT2D eigenvalue weighted by atomic mass is 16.5. The monoisotopic (exact) mass is 231 g/mol. The molecular weight excluding hydrogens is 214 g/mol. The summed E-state index contributed by atoms with van der Waals surface area (Å²) in [6, 6.07) is -1.01. The van der Waals surface area contributed by atoms with Crippen molar-refractivity contribution in [1.82, 2.24) is 5.32 Å². The number of carbonyl (C=O) groups excluding carboxylic acids is 1. The first-order valence-electron chi connectivity index (χ1n) is 5.29. The number of ether oxygens (including phenoxy) is 2. The predicted octanol–water partition coefficient (Wildman–Crippen LogP) is -0.229. The SMILES string of the molecule is COCC(NC(=O)C1CCCCO1)C(=O)O. The van der Waals surface area contributed by atoms with Gasteiger partial charge in [0.15, 0.2) is 6.04 Å². The zero-order chi connectivity index (χ0) is 12.0. The number of carboxylic acids is 1. The molecule has 2 unspecified atom stereocenters. The standard InChI is InChI=1S/C10H17NO5/c1-15-6-7(10(13)14)11-9(12)8-4-2-3-5-16-8/h7-8H,2-6H2,1H3,(H,11,12)(H,13,14). The van der Waals surface area contributed by atoms with E-state index in [-0.39, 0.29) is 12.5 Å². The fourth-order valence-corrected chi connectivity index (χ4v) is 1.55. The Balaban J connectivity index is 2.43. The van der Waals surface area contributed by atoms with Crippen LogP contribution in [0.25, 0.3) is 0 Å². The van der Waals surface area contributed by atoms with Gasteiger partial charge in [-0.2, -0.15) is 0 Å². The largest absolute Gasteiger partial charge is 0.480 e. The molecule has 0 aromatic carbocycles. The van der Waals surface area contributed by atoms with Crippen molar-refractivity contribution in [2.45, 2.75) is 31.4 Å². The average molecular weight is 231 g/mol. The number of nitrogens with one attached hydrogen (secondary N) is 1. The molecule has 1 heterocycles. The minimum Gasteiger partial charge on any atom is -0.480 e. The molecule has 1 aliphatic rings. The average Bonchev–Trinajstić information content (AvgIpc) is 2.29. The Bertz CT molecular complexity index is 250. The van der Waals surface area contributed by atoms with Crippen molar-refractivity contribution in [3.8, 4) is 0 Å². The van der Waals surface area contributed by atoms with Crippen molar-refractivity contribution in [2.75, 3.05) is 20.3 Å². The molecule has 0 bridgehead atoms. The summed E-state index contributed by atoms with van der Waals surface area (Å²) in [6.07, 6.45) is 2.00. The number of methoxy groups -OCH3 is 1. The Hall–Kier alpha value is -1.14. The zero-order valence-corrected chi connectivity index (χ0v) is 9.27. The van der Waals surface area contributed by atoms with Gasteiger partial charge in [0, 0.05) is 13.7 Å². The molecule has 1 rings (SSSR count). The smallest absolute Gasteiger partial charge is 0.328 e. The van der Waals surface area contributed by atoms with E-state index in [0.717, 1.165) is 12.8 Å². The first-order valence-corrected chi connectivity index (χ1v) is 5.29. The third kappa shape index (κ3) is 3.79. The van der Waals surface area contributed by atoms with Gasteiger partial charge in [-0.1, -0.05) is 0 Å². The van der Waals surface area contributed by atoms with Gasteiger partial charge in [0.1, 0.15) is 6.10 Å². The molecular formula is C10H17NO5. The lowest BCUT2D eigenvalue weighted by Crippen LogP contribution is -2.49. The van der Waals surface area contributed by atoms with Crippen LogP contribution in [0, 0.1) is 0 Å². The van der Waals surface area contributed by atoms with E-state index in [4.69, 9.17) is 14.6 Å². The summed E-state index contributed by atoms with van der Waals surface area (Å²) < 4.78 is 9.97. The highest BCUT2D eigenvalue weighted by Gasteiger charge is 2.26. The fraction of sp³-hybridized carbons (Fsp3) is 0.800. The maximum absolute atomic E-state index is 11.6. The van der Waals surface area contributed by atoms with Gasteiger partial charge in [0.25, 0.3) is 0 Å². The van der Waals surface area contributed by atoms with Gasteiger partial charge in [0.2, 0.25) is 5.91 Å². The summed E-state index contributed by atoms with van der Waals surface area (Å²) in [6.45, 7) is 0.508. The van der Waals surface area contributed by atoms with E-state index < -0.39 is 18.1 Å². The van der Waals surface area contributed by atoms with Crippen LogP contribution in [0.15, 0.2) is 0 Å². The Morgan fingerprint density at radius 2 is 2.31 bits per heavy atom. The Labute approximate surface area is 93.9 Å². The molecule has 6 nitrogen and oxygen atoms in total. The molecule has 0 radical (unpaired) electrons. The van der Waals surface area contributed by atoms with E-state index >= 15 is 0 Å². The third-order valence-electron chi connectivity index (χ3n) is 2.42. The van der Waals surface area contributed by atoms with E-state index in [9.17, 15) is 9.59 Å². The quantitative estimate of drug-likeness (QED) is 0.682. The molecule has 6 heteroatoms. The van der Waals surface area contributed by atoms with Crippen LogP contribution in [0.4, 0.5) is 0 Å². The van der Waals surface area contributed by atoms with Gasteiger partial charge < -0.3 is 19.9 Å². The number of aliphatic carboxylic acids is 1.